The molecule has 2 aromatic carbocycles. The molecule has 0 saturated carbocycles. The molecular weight excluding hydrogens is 682 g/mol. The standard InChI is InChI=1S/C35H36ClF4N5O5/c1-19-9-10-21(14-23(46)15-22-11-12-26(36)25(17-22)35(38,39)40)16-24(19)29-41-18-27(37)30(42-29)44(31(47)49-33(3,4)5)28-13-20(2)45(43-28)32(48)50-34(6,7)8/h9-13,16-18H,14-15H2,1-8H3. The fourth-order valence-electron chi connectivity index (χ4n) is 4.74. The predicted octanol–water partition coefficient (Wildman–Crippen LogP) is 8.98. The second kappa shape index (κ2) is 14.2. The third-order valence-electron chi connectivity index (χ3n) is 6.87. The summed E-state index contributed by atoms with van der Waals surface area (Å²) in [7, 11) is 0. The SMILES string of the molecule is Cc1ccc(CC(=O)Cc2ccc(Cl)c(C(F)(F)F)c2)cc1-c1ncc(F)c(N(C(=O)OC(C)(C)C)c2cc(C)n(C(=O)OC(C)(C)C)n2)n1. The first kappa shape index (κ1) is 38.0. The van der Waals surface area contributed by atoms with E-state index in [4.69, 9.17) is 21.1 Å². The molecule has 0 atom stereocenters. The average molecular weight is 718 g/mol. The van der Waals surface area contributed by atoms with Crippen molar-refractivity contribution in [1.29, 1.82) is 0 Å². The largest absolute Gasteiger partial charge is 0.443 e. The smallest absolute Gasteiger partial charge is 0.435 e. The van der Waals surface area contributed by atoms with Crippen LogP contribution in [-0.4, -0.2) is 48.9 Å². The molecule has 2 aromatic heterocycles. The Morgan fingerprint density at radius 3 is 2.08 bits per heavy atom. The van der Waals surface area contributed by atoms with E-state index in [1.165, 1.54) is 12.1 Å². The van der Waals surface area contributed by atoms with Gasteiger partial charge in [0.25, 0.3) is 0 Å². The molecule has 0 spiro atoms. The summed E-state index contributed by atoms with van der Waals surface area (Å²) in [4.78, 5) is 48.7. The van der Waals surface area contributed by atoms with Gasteiger partial charge >= 0.3 is 18.4 Å². The summed E-state index contributed by atoms with van der Waals surface area (Å²) in [6.07, 6.45) is -6.10. The first-order valence-electron chi connectivity index (χ1n) is 15.4. The van der Waals surface area contributed by atoms with Crippen LogP contribution in [0.5, 0.6) is 0 Å². The van der Waals surface area contributed by atoms with Crippen molar-refractivity contribution in [2.75, 3.05) is 4.90 Å². The normalized spacial score (nSPS) is 12.1. The van der Waals surface area contributed by atoms with Crippen molar-refractivity contribution in [1.82, 2.24) is 19.7 Å². The summed E-state index contributed by atoms with van der Waals surface area (Å²) in [5.74, 6) is -2.10. The molecule has 0 bridgehead atoms. The Balaban J connectivity index is 1.70. The van der Waals surface area contributed by atoms with Gasteiger partial charge in [-0.3, -0.25) is 4.79 Å². The van der Waals surface area contributed by atoms with Gasteiger partial charge in [0.1, 0.15) is 17.0 Å². The highest BCUT2D eigenvalue weighted by molar-refractivity contribution is 6.31. The summed E-state index contributed by atoms with van der Waals surface area (Å²) in [6, 6.07) is 9.64. The van der Waals surface area contributed by atoms with Gasteiger partial charge in [0.05, 0.1) is 22.5 Å². The number of rotatable bonds is 7. The number of amides is 1. The summed E-state index contributed by atoms with van der Waals surface area (Å²) >= 11 is 5.71. The number of nitrogens with zero attached hydrogens (tertiary/aromatic N) is 5. The Morgan fingerprint density at radius 1 is 0.880 bits per heavy atom. The minimum absolute atomic E-state index is 0.0161. The summed E-state index contributed by atoms with van der Waals surface area (Å²) in [5.41, 5.74) is -0.942. The van der Waals surface area contributed by atoms with Crippen molar-refractivity contribution in [2.45, 2.75) is 85.6 Å². The topological polar surface area (TPSA) is 117 Å². The lowest BCUT2D eigenvalue weighted by Gasteiger charge is -2.25. The van der Waals surface area contributed by atoms with E-state index in [1.807, 2.05) is 0 Å². The average Bonchev–Trinajstić information content (AvgIpc) is 3.34. The third-order valence-corrected chi connectivity index (χ3v) is 7.19. The number of hydrogen-bond acceptors (Lipinski definition) is 8. The maximum atomic E-state index is 15.6. The summed E-state index contributed by atoms with van der Waals surface area (Å²) in [6.45, 7) is 13.2. The zero-order valence-electron chi connectivity index (χ0n) is 28.7. The lowest BCUT2D eigenvalue weighted by molar-refractivity contribution is -0.137. The number of aromatic nitrogens is 4. The summed E-state index contributed by atoms with van der Waals surface area (Å²) < 4.78 is 67.4. The number of hydrogen-bond donors (Lipinski definition) is 0. The van der Waals surface area contributed by atoms with Crippen LogP contribution >= 0.6 is 11.6 Å². The van der Waals surface area contributed by atoms with E-state index in [1.54, 1.807) is 73.6 Å². The Kier molecular flexibility index (Phi) is 10.8. The fourth-order valence-corrected chi connectivity index (χ4v) is 4.96. The maximum absolute atomic E-state index is 15.6. The van der Waals surface area contributed by atoms with Crippen LogP contribution < -0.4 is 4.90 Å². The monoisotopic (exact) mass is 717 g/mol. The van der Waals surface area contributed by atoms with Crippen molar-refractivity contribution in [3.63, 3.8) is 0 Å². The Morgan fingerprint density at radius 2 is 1.48 bits per heavy atom. The fraction of sp³-hybridized carbons (Fsp3) is 0.371. The molecule has 1 amide bonds. The van der Waals surface area contributed by atoms with Crippen LogP contribution in [-0.2, 0) is 33.3 Å². The molecule has 2 heterocycles. The van der Waals surface area contributed by atoms with Crippen LogP contribution in [0.15, 0.2) is 48.7 Å². The van der Waals surface area contributed by atoms with Gasteiger partial charge in [-0.05, 0) is 90.3 Å². The molecule has 15 heteroatoms. The molecule has 0 unspecified atom stereocenters. The third kappa shape index (κ3) is 9.43. The number of aryl methyl sites for hydroxylation is 2. The molecule has 0 aliphatic rings. The number of anilines is 2. The number of benzene rings is 2. The second-order valence-electron chi connectivity index (χ2n) is 13.6. The Labute approximate surface area is 291 Å². The van der Waals surface area contributed by atoms with E-state index in [9.17, 15) is 27.6 Å². The highest BCUT2D eigenvalue weighted by Gasteiger charge is 2.34. The van der Waals surface area contributed by atoms with Crippen molar-refractivity contribution in [3.05, 3.63) is 87.4 Å². The van der Waals surface area contributed by atoms with Crippen LogP contribution in [0.3, 0.4) is 0 Å². The van der Waals surface area contributed by atoms with Crippen molar-refractivity contribution >= 4 is 41.2 Å². The van der Waals surface area contributed by atoms with Crippen LogP contribution in [0, 0.1) is 19.7 Å². The molecule has 0 radical (unpaired) electrons. The molecule has 0 fully saturated rings. The van der Waals surface area contributed by atoms with Gasteiger partial charge in [-0.25, -0.2) is 28.8 Å². The van der Waals surface area contributed by atoms with Gasteiger partial charge in [0.2, 0.25) is 0 Å². The van der Waals surface area contributed by atoms with E-state index in [-0.39, 0.29) is 41.5 Å². The van der Waals surface area contributed by atoms with E-state index in [0.29, 0.717) is 16.7 Å². The zero-order valence-corrected chi connectivity index (χ0v) is 29.5. The Bertz CT molecular complexity index is 1950. The number of halogens is 5. The number of ketones is 1. The van der Waals surface area contributed by atoms with E-state index < -0.39 is 51.8 Å². The number of carbonyl (C=O) groups excluding carboxylic acids is 3. The van der Waals surface area contributed by atoms with Gasteiger partial charge in [0.15, 0.2) is 23.3 Å². The van der Waals surface area contributed by atoms with E-state index in [0.717, 1.165) is 27.9 Å². The van der Waals surface area contributed by atoms with Crippen LogP contribution in [0.2, 0.25) is 5.02 Å². The first-order valence-corrected chi connectivity index (χ1v) is 15.7. The summed E-state index contributed by atoms with van der Waals surface area (Å²) in [5, 5.41) is 3.75. The van der Waals surface area contributed by atoms with E-state index in [2.05, 4.69) is 15.1 Å². The van der Waals surface area contributed by atoms with Gasteiger partial charge in [0, 0.05) is 24.5 Å². The van der Waals surface area contributed by atoms with Crippen molar-refractivity contribution < 1.29 is 41.4 Å². The number of ether oxygens (including phenoxy) is 2. The number of alkyl halides is 3. The van der Waals surface area contributed by atoms with Gasteiger partial charge in [-0.2, -0.15) is 17.9 Å². The zero-order chi connectivity index (χ0) is 37.3. The minimum atomic E-state index is -4.67. The molecule has 0 N–H and O–H groups in total. The molecule has 10 nitrogen and oxygen atoms in total. The molecule has 0 aliphatic carbocycles. The van der Waals surface area contributed by atoms with Gasteiger partial charge in [-0.1, -0.05) is 29.8 Å². The molecule has 4 aromatic rings. The first-order chi connectivity index (χ1) is 23.0. The van der Waals surface area contributed by atoms with Crippen molar-refractivity contribution in [2.24, 2.45) is 0 Å². The molecule has 50 heavy (non-hydrogen) atoms. The quantitative estimate of drug-likeness (QED) is 0.174. The molecule has 0 saturated heterocycles. The lowest BCUT2D eigenvalue weighted by Crippen LogP contribution is -2.35. The minimum Gasteiger partial charge on any atom is -0.443 e. The predicted molar refractivity (Wildman–Crippen MR) is 178 cm³/mol. The van der Waals surface area contributed by atoms with Gasteiger partial charge < -0.3 is 9.47 Å². The van der Waals surface area contributed by atoms with E-state index >= 15 is 4.39 Å². The lowest BCUT2D eigenvalue weighted by atomic mass is 9.98. The number of Topliss-reactive ketones (excluding diaryl/α,β-unsaturated/α-hetero) is 1. The molecule has 4 rings (SSSR count). The van der Waals surface area contributed by atoms with Crippen molar-refractivity contribution in [3.8, 4) is 11.4 Å². The molecule has 0 aliphatic heterocycles. The second-order valence-corrected chi connectivity index (χ2v) is 14.0. The van der Waals surface area contributed by atoms with Crippen LogP contribution in [0.4, 0.5) is 38.8 Å². The highest BCUT2D eigenvalue weighted by atomic mass is 35.5. The van der Waals surface area contributed by atoms with Gasteiger partial charge in [-0.15, -0.1) is 5.10 Å². The maximum Gasteiger partial charge on any atom is 0.435 e. The Hall–Kier alpha value is -4.85. The molecule has 266 valence electrons. The highest BCUT2D eigenvalue weighted by Crippen LogP contribution is 2.36. The van der Waals surface area contributed by atoms with Crippen LogP contribution in [0.25, 0.3) is 11.4 Å². The number of carbonyl (C=O) groups is 3. The molecular formula is C35H36ClF4N5O5. The van der Waals surface area contributed by atoms with Crippen LogP contribution in [0.1, 0.15) is 69.5 Å².